The Morgan fingerprint density at radius 3 is 1.00 bits per heavy atom. The molecule has 0 N–H and O–H groups in total. The molecule has 0 spiro atoms. The first-order valence-electron chi connectivity index (χ1n) is 7.67. The van der Waals surface area contributed by atoms with Crippen molar-refractivity contribution in [1.29, 1.82) is 0 Å². The van der Waals surface area contributed by atoms with Crippen LogP contribution in [0.1, 0.15) is 0 Å². The molecule has 0 amide bonds. The van der Waals surface area contributed by atoms with Crippen LogP contribution in [0.5, 0.6) is 0 Å². The molecule has 4 heterocycles. The fourth-order valence-electron chi connectivity index (χ4n) is 2.37. The molecule has 0 saturated heterocycles. The lowest BCUT2D eigenvalue weighted by molar-refractivity contribution is 1.06. The van der Waals surface area contributed by atoms with Crippen LogP contribution in [0, 0.1) is 0 Å². The summed E-state index contributed by atoms with van der Waals surface area (Å²) in [5.41, 5.74) is 1.95. The van der Waals surface area contributed by atoms with Crippen molar-refractivity contribution in [2.24, 2.45) is 0 Å². The lowest BCUT2D eigenvalue weighted by atomic mass is 10.2. The Morgan fingerprint density at radius 2 is 0.741 bits per heavy atom. The summed E-state index contributed by atoms with van der Waals surface area (Å²) in [4.78, 5) is 25.9. The van der Waals surface area contributed by atoms with E-state index < -0.39 is 0 Å². The molecule has 4 aromatic heterocycles. The van der Waals surface area contributed by atoms with Gasteiger partial charge in [-0.2, -0.15) is 0 Å². The summed E-state index contributed by atoms with van der Waals surface area (Å²) in [6, 6.07) is 5.18. The van der Waals surface area contributed by atoms with Gasteiger partial charge in [0.1, 0.15) is 0 Å². The number of halogens is 3. The molecule has 0 unspecified atom stereocenters. The van der Waals surface area contributed by atoms with Crippen molar-refractivity contribution >= 4 is 34.8 Å². The van der Waals surface area contributed by atoms with E-state index in [0.717, 1.165) is 0 Å². The number of pyridine rings is 3. The summed E-state index contributed by atoms with van der Waals surface area (Å²) >= 11 is 18.2. The van der Waals surface area contributed by atoms with Crippen molar-refractivity contribution in [1.82, 2.24) is 29.9 Å². The molecule has 0 radical (unpaired) electrons. The van der Waals surface area contributed by atoms with Crippen molar-refractivity contribution in [3.05, 3.63) is 70.4 Å². The molecule has 0 fully saturated rings. The Hall–Kier alpha value is -2.67. The lowest BCUT2D eigenvalue weighted by Crippen LogP contribution is -2.01. The number of hydrogen-bond donors (Lipinski definition) is 0. The predicted molar refractivity (Wildman–Crippen MR) is 105 cm³/mol. The van der Waals surface area contributed by atoms with Crippen molar-refractivity contribution < 1.29 is 0 Å². The minimum absolute atomic E-state index is 0.407. The third-order valence-electron chi connectivity index (χ3n) is 3.52. The fourth-order valence-corrected chi connectivity index (χ4v) is 2.89. The van der Waals surface area contributed by atoms with E-state index in [1.807, 2.05) is 0 Å². The highest BCUT2D eigenvalue weighted by molar-refractivity contribution is 6.31. The molecule has 9 heteroatoms. The van der Waals surface area contributed by atoms with Crippen LogP contribution in [0.25, 0.3) is 34.2 Å². The van der Waals surface area contributed by atoms with Crippen molar-refractivity contribution in [2.75, 3.05) is 0 Å². The van der Waals surface area contributed by atoms with E-state index >= 15 is 0 Å². The second kappa shape index (κ2) is 7.52. The molecular formula is C18H9Cl3N6. The average Bonchev–Trinajstić information content (AvgIpc) is 2.68. The Labute approximate surface area is 169 Å². The van der Waals surface area contributed by atoms with Crippen molar-refractivity contribution in [3.63, 3.8) is 0 Å². The highest BCUT2D eigenvalue weighted by Crippen LogP contribution is 2.26. The van der Waals surface area contributed by atoms with E-state index in [1.54, 1.807) is 36.8 Å². The van der Waals surface area contributed by atoms with Crippen LogP contribution in [0.2, 0.25) is 15.1 Å². The van der Waals surface area contributed by atoms with Gasteiger partial charge in [0.25, 0.3) is 0 Å². The van der Waals surface area contributed by atoms with Crippen LogP contribution < -0.4 is 0 Å². The molecular weight excluding hydrogens is 407 g/mol. The number of hydrogen-bond acceptors (Lipinski definition) is 6. The van der Waals surface area contributed by atoms with Crippen LogP contribution in [0.4, 0.5) is 0 Å². The second-order valence-electron chi connectivity index (χ2n) is 5.48. The molecule has 0 bridgehead atoms. The Balaban J connectivity index is 1.94. The molecule has 0 aliphatic carbocycles. The summed E-state index contributed by atoms with van der Waals surface area (Å²) in [6.07, 6.45) is 9.49. The SMILES string of the molecule is Clc1cncc(-c2nc(-c3cncc(Cl)c3)nc(-c3cncc(Cl)c3)n2)c1. The van der Waals surface area contributed by atoms with E-state index in [0.29, 0.717) is 49.2 Å². The molecule has 0 aliphatic rings. The quantitative estimate of drug-likeness (QED) is 0.467. The normalized spacial score (nSPS) is 10.8. The summed E-state index contributed by atoms with van der Waals surface area (Å²) in [6.45, 7) is 0. The monoisotopic (exact) mass is 414 g/mol. The molecule has 4 aromatic rings. The first-order valence-corrected chi connectivity index (χ1v) is 8.81. The standard InChI is InChI=1S/C18H9Cl3N6/c19-13-1-10(4-22-7-13)16-25-17(11-2-14(20)8-23-5-11)27-18(26-16)12-3-15(21)9-24-6-12/h1-9H. The van der Waals surface area contributed by atoms with Gasteiger partial charge in [0, 0.05) is 53.9 Å². The Bertz CT molecular complexity index is 981. The molecule has 6 nitrogen and oxygen atoms in total. The van der Waals surface area contributed by atoms with Gasteiger partial charge in [-0.3, -0.25) is 15.0 Å². The maximum Gasteiger partial charge on any atom is 0.165 e. The highest BCUT2D eigenvalue weighted by atomic mass is 35.5. The van der Waals surface area contributed by atoms with Gasteiger partial charge in [-0.05, 0) is 18.2 Å². The smallest absolute Gasteiger partial charge is 0.165 e. The first kappa shape index (κ1) is 17.7. The molecule has 27 heavy (non-hydrogen) atoms. The molecule has 4 rings (SSSR count). The van der Waals surface area contributed by atoms with E-state index in [1.165, 1.54) is 18.6 Å². The summed E-state index contributed by atoms with van der Waals surface area (Å²) < 4.78 is 0. The van der Waals surface area contributed by atoms with E-state index in [4.69, 9.17) is 34.8 Å². The minimum atomic E-state index is 0.407. The zero-order chi connectivity index (χ0) is 18.8. The Morgan fingerprint density at radius 1 is 0.444 bits per heavy atom. The predicted octanol–water partition coefficient (Wildman–Crippen LogP) is 5.02. The van der Waals surface area contributed by atoms with E-state index in [9.17, 15) is 0 Å². The van der Waals surface area contributed by atoms with Crippen LogP contribution in [0.15, 0.2) is 55.4 Å². The number of aromatic nitrogens is 6. The van der Waals surface area contributed by atoms with Crippen molar-refractivity contribution in [3.8, 4) is 34.2 Å². The van der Waals surface area contributed by atoms with Crippen LogP contribution in [0.3, 0.4) is 0 Å². The number of nitrogens with zero attached hydrogens (tertiary/aromatic N) is 6. The van der Waals surface area contributed by atoms with E-state index in [2.05, 4.69) is 29.9 Å². The van der Waals surface area contributed by atoms with E-state index in [-0.39, 0.29) is 0 Å². The van der Waals surface area contributed by atoms with Gasteiger partial charge in [-0.15, -0.1) is 0 Å². The van der Waals surface area contributed by atoms with Gasteiger partial charge in [0.15, 0.2) is 17.5 Å². The van der Waals surface area contributed by atoms with Crippen LogP contribution >= 0.6 is 34.8 Å². The average molecular weight is 416 g/mol. The summed E-state index contributed by atoms with van der Waals surface area (Å²) in [5.74, 6) is 1.22. The van der Waals surface area contributed by atoms with Gasteiger partial charge >= 0.3 is 0 Å². The second-order valence-corrected chi connectivity index (χ2v) is 6.79. The maximum absolute atomic E-state index is 6.06. The largest absolute Gasteiger partial charge is 0.262 e. The maximum atomic E-state index is 6.06. The van der Waals surface area contributed by atoms with Gasteiger partial charge in [0.05, 0.1) is 15.1 Å². The van der Waals surface area contributed by atoms with Crippen LogP contribution in [-0.2, 0) is 0 Å². The Kier molecular flexibility index (Phi) is 4.94. The number of rotatable bonds is 3. The first-order chi connectivity index (χ1) is 13.1. The van der Waals surface area contributed by atoms with Crippen molar-refractivity contribution in [2.45, 2.75) is 0 Å². The molecule has 0 saturated carbocycles. The third-order valence-corrected chi connectivity index (χ3v) is 4.14. The summed E-state index contributed by atoms with van der Waals surface area (Å²) in [7, 11) is 0. The molecule has 0 aromatic carbocycles. The van der Waals surface area contributed by atoms with Gasteiger partial charge in [-0.25, -0.2) is 15.0 Å². The molecule has 0 aliphatic heterocycles. The van der Waals surface area contributed by atoms with Gasteiger partial charge in [-0.1, -0.05) is 34.8 Å². The molecule has 0 atom stereocenters. The van der Waals surface area contributed by atoms with Gasteiger partial charge in [0.2, 0.25) is 0 Å². The molecule has 132 valence electrons. The topological polar surface area (TPSA) is 77.3 Å². The van der Waals surface area contributed by atoms with Crippen LogP contribution in [-0.4, -0.2) is 29.9 Å². The minimum Gasteiger partial charge on any atom is -0.262 e. The summed E-state index contributed by atoms with van der Waals surface area (Å²) in [5, 5.41) is 1.43. The zero-order valence-corrected chi connectivity index (χ0v) is 15.8. The van der Waals surface area contributed by atoms with Gasteiger partial charge < -0.3 is 0 Å². The lowest BCUT2D eigenvalue weighted by Gasteiger charge is -2.08. The fraction of sp³-hybridized carbons (Fsp3) is 0. The highest BCUT2D eigenvalue weighted by Gasteiger charge is 2.13. The zero-order valence-electron chi connectivity index (χ0n) is 13.5. The third kappa shape index (κ3) is 4.03.